The van der Waals surface area contributed by atoms with Gasteiger partial charge in [0.2, 0.25) is 0 Å². The number of amides is 2. The molecule has 0 radical (unpaired) electrons. The third-order valence-electron chi connectivity index (χ3n) is 4.22. The average Bonchev–Trinajstić information content (AvgIpc) is 2.57. The maximum atomic E-state index is 14.0. The van der Waals surface area contributed by atoms with Gasteiger partial charge in [0.15, 0.2) is 0 Å². The summed E-state index contributed by atoms with van der Waals surface area (Å²) in [5.41, 5.74) is -0.795. The molecule has 0 aliphatic carbocycles. The maximum absolute atomic E-state index is 14.0. The molecule has 0 saturated heterocycles. The van der Waals surface area contributed by atoms with E-state index in [0.29, 0.717) is 0 Å². The van der Waals surface area contributed by atoms with E-state index < -0.39 is 17.3 Å². The van der Waals surface area contributed by atoms with Crippen molar-refractivity contribution in [1.29, 1.82) is 0 Å². The molecule has 1 aromatic heterocycles. The highest BCUT2D eigenvalue weighted by Gasteiger charge is 2.24. The third-order valence-corrected chi connectivity index (χ3v) is 4.53. The van der Waals surface area contributed by atoms with Gasteiger partial charge in [-0.15, -0.1) is 0 Å². The number of hydrogen-bond acceptors (Lipinski definition) is 3. The molecule has 0 unspecified atom stereocenters. The number of aryl methyl sites for hydroxylation is 1. The molecule has 1 heterocycles. The standard InChI is InChI=1S/C20H23ClFN3O3/c1-11(2)25(12(3)4)19(27)13-9-16(20(28)24(5)10-13)23-18(26)17-14(21)7-6-8-15(17)22/h6-12H,1-5H3,(H,23,26). The Balaban J connectivity index is 2.45. The van der Waals surface area contributed by atoms with Crippen LogP contribution in [-0.2, 0) is 7.05 Å². The highest BCUT2D eigenvalue weighted by Crippen LogP contribution is 2.20. The van der Waals surface area contributed by atoms with Crippen LogP contribution in [0.25, 0.3) is 0 Å². The van der Waals surface area contributed by atoms with E-state index >= 15 is 0 Å². The van der Waals surface area contributed by atoms with Crippen LogP contribution in [0.1, 0.15) is 48.4 Å². The first-order valence-electron chi connectivity index (χ1n) is 8.83. The van der Waals surface area contributed by atoms with Gasteiger partial charge in [-0.05, 0) is 45.9 Å². The van der Waals surface area contributed by atoms with Gasteiger partial charge in [-0.25, -0.2) is 4.39 Å². The van der Waals surface area contributed by atoms with E-state index in [2.05, 4.69) is 5.32 Å². The number of benzene rings is 1. The van der Waals surface area contributed by atoms with Crippen LogP contribution >= 0.6 is 11.6 Å². The van der Waals surface area contributed by atoms with Gasteiger partial charge in [-0.1, -0.05) is 17.7 Å². The molecular formula is C20H23ClFN3O3. The zero-order valence-corrected chi connectivity index (χ0v) is 17.2. The zero-order chi connectivity index (χ0) is 21.2. The number of pyridine rings is 1. The molecule has 0 spiro atoms. The second-order valence-electron chi connectivity index (χ2n) is 7.01. The Bertz CT molecular complexity index is 941. The number of hydrogen-bond donors (Lipinski definition) is 1. The number of carbonyl (C=O) groups is 2. The van der Waals surface area contributed by atoms with Crippen molar-refractivity contribution < 1.29 is 14.0 Å². The molecule has 6 nitrogen and oxygen atoms in total. The van der Waals surface area contributed by atoms with Gasteiger partial charge in [0.25, 0.3) is 17.4 Å². The van der Waals surface area contributed by atoms with Gasteiger partial charge in [0, 0.05) is 25.3 Å². The quantitative estimate of drug-likeness (QED) is 0.821. The van der Waals surface area contributed by atoms with Crippen LogP contribution in [0.4, 0.5) is 10.1 Å². The minimum Gasteiger partial charge on any atom is -0.334 e. The largest absolute Gasteiger partial charge is 0.334 e. The fourth-order valence-electron chi connectivity index (χ4n) is 3.03. The van der Waals surface area contributed by atoms with E-state index in [1.165, 1.54) is 36.0 Å². The number of nitrogens with zero attached hydrogens (tertiary/aromatic N) is 2. The van der Waals surface area contributed by atoms with Crippen LogP contribution in [0.15, 0.2) is 35.3 Å². The molecule has 0 bridgehead atoms. The molecular weight excluding hydrogens is 385 g/mol. The van der Waals surface area contributed by atoms with Crippen molar-refractivity contribution in [1.82, 2.24) is 9.47 Å². The van der Waals surface area contributed by atoms with E-state index in [1.807, 2.05) is 27.7 Å². The van der Waals surface area contributed by atoms with Crippen LogP contribution in [-0.4, -0.2) is 33.4 Å². The van der Waals surface area contributed by atoms with Crippen molar-refractivity contribution in [3.63, 3.8) is 0 Å². The normalized spacial score (nSPS) is 11.0. The number of nitrogens with one attached hydrogen (secondary N) is 1. The lowest BCUT2D eigenvalue weighted by molar-refractivity contribution is 0.0642. The number of halogens is 2. The lowest BCUT2D eigenvalue weighted by Gasteiger charge is -2.31. The van der Waals surface area contributed by atoms with Gasteiger partial charge in [-0.3, -0.25) is 14.4 Å². The Morgan fingerprint density at radius 3 is 2.32 bits per heavy atom. The Labute approximate surface area is 167 Å². The van der Waals surface area contributed by atoms with E-state index in [-0.39, 0.29) is 39.8 Å². The molecule has 0 atom stereocenters. The number of carbonyl (C=O) groups excluding carboxylic acids is 2. The molecule has 0 aliphatic rings. The monoisotopic (exact) mass is 407 g/mol. The summed E-state index contributed by atoms with van der Waals surface area (Å²) in [7, 11) is 1.47. The molecule has 0 aliphatic heterocycles. The summed E-state index contributed by atoms with van der Waals surface area (Å²) in [6.45, 7) is 7.57. The highest BCUT2D eigenvalue weighted by atomic mass is 35.5. The highest BCUT2D eigenvalue weighted by molar-refractivity contribution is 6.34. The lowest BCUT2D eigenvalue weighted by Crippen LogP contribution is -2.42. The maximum Gasteiger partial charge on any atom is 0.274 e. The van der Waals surface area contributed by atoms with Crippen molar-refractivity contribution in [3.05, 3.63) is 62.8 Å². The predicted octanol–water partition coefficient (Wildman–Crippen LogP) is 3.69. The first-order valence-corrected chi connectivity index (χ1v) is 9.21. The Kier molecular flexibility index (Phi) is 6.61. The Morgan fingerprint density at radius 1 is 1.18 bits per heavy atom. The van der Waals surface area contributed by atoms with Crippen LogP contribution in [0, 0.1) is 5.82 Å². The van der Waals surface area contributed by atoms with Gasteiger partial charge in [0.1, 0.15) is 11.5 Å². The van der Waals surface area contributed by atoms with Gasteiger partial charge >= 0.3 is 0 Å². The first-order chi connectivity index (χ1) is 13.0. The summed E-state index contributed by atoms with van der Waals surface area (Å²) >= 11 is 5.91. The molecule has 8 heteroatoms. The van der Waals surface area contributed by atoms with E-state index in [0.717, 1.165) is 6.07 Å². The molecule has 1 N–H and O–H groups in total. The van der Waals surface area contributed by atoms with Gasteiger partial charge in [0.05, 0.1) is 16.1 Å². The topological polar surface area (TPSA) is 71.4 Å². The fourth-order valence-corrected chi connectivity index (χ4v) is 3.28. The van der Waals surface area contributed by atoms with Gasteiger partial charge in [-0.2, -0.15) is 0 Å². The molecule has 28 heavy (non-hydrogen) atoms. The number of rotatable bonds is 5. The molecule has 2 aromatic rings. The van der Waals surface area contributed by atoms with Crippen LogP contribution in [0.2, 0.25) is 5.02 Å². The molecule has 2 rings (SSSR count). The first kappa shape index (κ1) is 21.6. The Morgan fingerprint density at radius 2 is 1.79 bits per heavy atom. The van der Waals surface area contributed by atoms with Crippen molar-refractivity contribution in [2.75, 3.05) is 5.32 Å². The van der Waals surface area contributed by atoms with E-state index in [4.69, 9.17) is 11.6 Å². The summed E-state index contributed by atoms with van der Waals surface area (Å²) in [5, 5.41) is 2.30. The molecule has 0 fully saturated rings. The molecule has 2 amide bonds. The summed E-state index contributed by atoms with van der Waals surface area (Å²) in [6, 6.07) is 5.04. The van der Waals surface area contributed by atoms with Crippen LogP contribution in [0.5, 0.6) is 0 Å². The van der Waals surface area contributed by atoms with Gasteiger partial charge < -0.3 is 14.8 Å². The van der Waals surface area contributed by atoms with Crippen molar-refractivity contribution >= 4 is 29.1 Å². The Hall–Kier alpha value is -2.67. The van der Waals surface area contributed by atoms with Crippen LogP contribution in [0.3, 0.4) is 0 Å². The smallest absolute Gasteiger partial charge is 0.274 e. The number of aromatic nitrogens is 1. The third kappa shape index (κ3) is 4.42. The zero-order valence-electron chi connectivity index (χ0n) is 16.4. The summed E-state index contributed by atoms with van der Waals surface area (Å²) in [5.74, 6) is -1.95. The lowest BCUT2D eigenvalue weighted by atomic mass is 10.1. The van der Waals surface area contributed by atoms with Crippen molar-refractivity contribution in [3.8, 4) is 0 Å². The van der Waals surface area contributed by atoms with Crippen molar-refractivity contribution in [2.24, 2.45) is 7.05 Å². The molecule has 1 aromatic carbocycles. The minimum absolute atomic E-state index is 0.0556. The predicted molar refractivity (Wildman–Crippen MR) is 107 cm³/mol. The average molecular weight is 408 g/mol. The van der Waals surface area contributed by atoms with E-state index in [9.17, 15) is 18.8 Å². The second kappa shape index (κ2) is 8.56. The SMILES string of the molecule is CC(C)N(C(=O)c1cc(NC(=O)c2c(F)cccc2Cl)c(=O)n(C)c1)C(C)C. The second-order valence-corrected chi connectivity index (χ2v) is 7.42. The van der Waals surface area contributed by atoms with E-state index in [1.54, 1.807) is 4.90 Å². The summed E-state index contributed by atoms with van der Waals surface area (Å²) in [4.78, 5) is 39.5. The molecule has 0 saturated carbocycles. The number of anilines is 1. The van der Waals surface area contributed by atoms with Crippen LogP contribution < -0.4 is 10.9 Å². The fraction of sp³-hybridized carbons (Fsp3) is 0.350. The summed E-state index contributed by atoms with van der Waals surface area (Å²) < 4.78 is 15.2. The van der Waals surface area contributed by atoms with Crippen molar-refractivity contribution in [2.45, 2.75) is 39.8 Å². The summed E-state index contributed by atoms with van der Waals surface area (Å²) in [6.07, 6.45) is 1.41. The molecule has 150 valence electrons. The minimum atomic E-state index is -0.866.